The van der Waals surface area contributed by atoms with E-state index in [1.54, 1.807) is 23.8 Å². The van der Waals surface area contributed by atoms with Crippen molar-refractivity contribution in [1.82, 2.24) is 9.62 Å². The number of nitrogens with one attached hydrogen (secondary N) is 1. The minimum atomic E-state index is -3.58. The number of hydrogen-bond donors (Lipinski definition) is 1. The van der Waals surface area contributed by atoms with Crippen molar-refractivity contribution in [3.63, 3.8) is 0 Å². The zero-order valence-electron chi connectivity index (χ0n) is 17.9. The predicted octanol–water partition coefficient (Wildman–Crippen LogP) is 5.52. The number of rotatable bonds is 7. The van der Waals surface area contributed by atoms with Crippen molar-refractivity contribution in [1.29, 1.82) is 0 Å². The fourth-order valence-electron chi connectivity index (χ4n) is 5.21. The smallest absolute Gasteiger partial charge is 0.241 e. The van der Waals surface area contributed by atoms with Crippen LogP contribution in [-0.4, -0.2) is 33.0 Å². The highest BCUT2D eigenvalue weighted by molar-refractivity contribution is 7.89. The number of unbranched alkanes of at least 4 members (excludes halogenated alkanes) is 1. The highest BCUT2D eigenvalue weighted by Gasteiger charge is 2.32. The zero-order valence-corrected chi connectivity index (χ0v) is 20.3. The highest BCUT2D eigenvalue weighted by atomic mass is 35.5. The van der Waals surface area contributed by atoms with Gasteiger partial charge in [-0.05, 0) is 67.5 Å². The van der Waals surface area contributed by atoms with Crippen LogP contribution < -0.4 is 4.72 Å². The molecule has 0 saturated heterocycles. The predicted molar refractivity (Wildman–Crippen MR) is 133 cm³/mol. The van der Waals surface area contributed by atoms with Gasteiger partial charge in [-0.15, -0.1) is 12.4 Å². The molecule has 1 heterocycles. The second-order valence-electron chi connectivity index (χ2n) is 8.53. The van der Waals surface area contributed by atoms with Crippen LogP contribution in [0.5, 0.6) is 0 Å². The number of benzene rings is 3. The third kappa shape index (κ3) is 4.42. The minimum absolute atomic E-state index is 0. The maximum atomic E-state index is 12.9. The first-order valence-electron chi connectivity index (χ1n) is 11.1. The Labute approximate surface area is 201 Å². The van der Waals surface area contributed by atoms with Crippen LogP contribution in [0.25, 0.3) is 10.8 Å². The average Bonchev–Trinajstić information content (AvgIpc) is 3.21. The molecule has 0 saturated carbocycles. The minimum Gasteiger partial charge on any atom is -0.296 e. The fourth-order valence-corrected chi connectivity index (χ4v) is 6.72. The zero-order chi connectivity index (χ0) is 21.4. The SMILES string of the molecule is Cl.O=S(=O)(NCCCCN1CCc2cccc3c2C1CC3)c1ccc(Cl)c2ccccc12. The molecule has 1 aliphatic heterocycles. The van der Waals surface area contributed by atoms with Crippen LogP contribution in [0.2, 0.25) is 5.02 Å². The number of nitrogens with zero attached hydrogens (tertiary/aromatic N) is 1. The molecule has 1 N–H and O–H groups in total. The lowest BCUT2D eigenvalue weighted by atomic mass is 9.93. The molecular formula is C25H28Cl2N2O2S. The molecule has 1 unspecified atom stereocenters. The molecule has 2 aliphatic rings. The van der Waals surface area contributed by atoms with Gasteiger partial charge in [0.1, 0.15) is 0 Å². The molecule has 32 heavy (non-hydrogen) atoms. The molecule has 0 bridgehead atoms. The van der Waals surface area contributed by atoms with Crippen LogP contribution in [0.3, 0.4) is 0 Å². The Morgan fingerprint density at radius 3 is 2.50 bits per heavy atom. The highest BCUT2D eigenvalue weighted by Crippen LogP contribution is 2.41. The van der Waals surface area contributed by atoms with Gasteiger partial charge in [0.2, 0.25) is 10.0 Å². The molecule has 0 aromatic heterocycles. The second-order valence-corrected chi connectivity index (χ2v) is 10.7. The van der Waals surface area contributed by atoms with E-state index >= 15 is 0 Å². The summed E-state index contributed by atoms with van der Waals surface area (Å²) in [5, 5.41) is 1.98. The third-order valence-electron chi connectivity index (χ3n) is 6.70. The van der Waals surface area contributed by atoms with Crippen molar-refractivity contribution in [2.75, 3.05) is 19.6 Å². The molecule has 7 heteroatoms. The van der Waals surface area contributed by atoms with Gasteiger partial charge in [0.25, 0.3) is 0 Å². The summed E-state index contributed by atoms with van der Waals surface area (Å²) in [6.45, 7) is 2.56. The van der Waals surface area contributed by atoms with E-state index in [1.165, 1.54) is 24.0 Å². The molecule has 4 nitrogen and oxygen atoms in total. The lowest BCUT2D eigenvalue weighted by Gasteiger charge is -2.35. The van der Waals surface area contributed by atoms with E-state index in [0.717, 1.165) is 37.7 Å². The number of sulfonamides is 1. The lowest BCUT2D eigenvalue weighted by Crippen LogP contribution is -2.35. The van der Waals surface area contributed by atoms with Crippen molar-refractivity contribution in [3.05, 3.63) is 76.3 Å². The van der Waals surface area contributed by atoms with Crippen molar-refractivity contribution in [3.8, 4) is 0 Å². The summed E-state index contributed by atoms with van der Waals surface area (Å²) in [6.07, 6.45) is 5.32. The maximum Gasteiger partial charge on any atom is 0.241 e. The summed E-state index contributed by atoms with van der Waals surface area (Å²) in [5.41, 5.74) is 4.62. The van der Waals surface area contributed by atoms with E-state index < -0.39 is 10.0 Å². The number of aryl methyl sites for hydroxylation is 1. The van der Waals surface area contributed by atoms with Gasteiger partial charge in [-0.2, -0.15) is 0 Å². The van der Waals surface area contributed by atoms with E-state index in [9.17, 15) is 8.42 Å². The molecule has 170 valence electrons. The summed E-state index contributed by atoms with van der Waals surface area (Å²) in [6, 6.07) is 17.9. The Kier molecular flexibility index (Phi) is 7.13. The normalized spacial score (nSPS) is 17.8. The standard InChI is InChI=1S/C25H27ClN2O2S.ClH/c26-22-11-13-24(21-9-2-1-8-20(21)22)31(29,30)27-15-3-4-16-28-17-14-19-7-5-6-18-10-12-23(28)25(18)19;/h1-2,5-9,11,13,23,27H,3-4,10,12,14-17H2;1H. The molecule has 0 radical (unpaired) electrons. The van der Waals surface area contributed by atoms with Crippen LogP contribution in [-0.2, 0) is 22.9 Å². The molecule has 3 aromatic rings. The first kappa shape index (κ1) is 23.5. The molecule has 3 aromatic carbocycles. The van der Waals surface area contributed by atoms with Crippen molar-refractivity contribution < 1.29 is 8.42 Å². The van der Waals surface area contributed by atoms with Crippen molar-refractivity contribution in [2.45, 2.75) is 43.0 Å². The summed E-state index contributed by atoms with van der Waals surface area (Å²) < 4.78 is 28.6. The van der Waals surface area contributed by atoms with E-state index in [2.05, 4.69) is 27.8 Å². The van der Waals surface area contributed by atoms with Crippen LogP contribution in [0.15, 0.2) is 59.5 Å². The average molecular weight is 491 g/mol. The molecule has 1 atom stereocenters. The monoisotopic (exact) mass is 490 g/mol. The van der Waals surface area contributed by atoms with Gasteiger partial charge >= 0.3 is 0 Å². The lowest BCUT2D eigenvalue weighted by molar-refractivity contribution is 0.182. The molecule has 0 spiro atoms. The van der Waals surface area contributed by atoms with E-state index in [-0.39, 0.29) is 12.4 Å². The number of hydrogen-bond acceptors (Lipinski definition) is 3. The Morgan fingerprint density at radius 2 is 1.69 bits per heavy atom. The topological polar surface area (TPSA) is 49.4 Å². The molecule has 0 amide bonds. The van der Waals surface area contributed by atoms with Crippen LogP contribution in [0.4, 0.5) is 0 Å². The molecule has 1 aliphatic carbocycles. The number of halogens is 2. The van der Waals surface area contributed by atoms with Gasteiger partial charge in [-0.3, -0.25) is 4.90 Å². The van der Waals surface area contributed by atoms with Gasteiger partial charge in [-0.25, -0.2) is 13.1 Å². The van der Waals surface area contributed by atoms with Crippen molar-refractivity contribution >= 4 is 44.8 Å². The molecule has 0 fully saturated rings. The largest absolute Gasteiger partial charge is 0.296 e. The Balaban J connectivity index is 0.00000245. The van der Waals surface area contributed by atoms with Crippen molar-refractivity contribution in [2.24, 2.45) is 0 Å². The fraction of sp³-hybridized carbons (Fsp3) is 0.360. The summed E-state index contributed by atoms with van der Waals surface area (Å²) in [5.74, 6) is 0. The quantitative estimate of drug-likeness (QED) is 0.443. The van der Waals surface area contributed by atoms with Gasteiger partial charge in [-0.1, -0.05) is 54.1 Å². The van der Waals surface area contributed by atoms with Gasteiger partial charge in [0, 0.05) is 34.9 Å². The summed E-state index contributed by atoms with van der Waals surface area (Å²) in [7, 11) is -3.58. The second kappa shape index (κ2) is 9.70. The Hall–Kier alpha value is -1.63. The molecular weight excluding hydrogens is 463 g/mol. The number of fused-ring (bicyclic) bond motifs is 1. The Morgan fingerprint density at radius 1 is 0.938 bits per heavy atom. The van der Waals surface area contributed by atoms with E-state index in [0.29, 0.717) is 27.9 Å². The van der Waals surface area contributed by atoms with Gasteiger partial charge in [0.05, 0.1) is 4.90 Å². The van der Waals surface area contributed by atoms with Gasteiger partial charge < -0.3 is 0 Å². The third-order valence-corrected chi connectivity index (χ3v) is 8.55. The summed E-state index contributed by atoms with van der Waals surface area (Å²) in [4.78, 5) is 2.89. The van der Waals surface area contributed by atoms with Crippen LogP contribution in [0.1, 0.15) is 42.0 Å². The summed E-state index contributed by atoms with van der Waals surface area (Å²) >= 11 is 6.24. The maximum absolute atomic E-state index is 12.9. The first-order chi connectivity index (χ1) is 15.0. The van der Waals surface area contributed by atoms with E-state index in [1.807, 2.05) is 18.2 Å². The Bertz CT molecular complexity index is 1230. The van der Waals surface area contributed by atoms with Crippen LogP contribution >= 0.6 is 24.0 Å². The van der Waals surface area contributed by atoms with Crippen LogP contribution in [0, 0.1) is 0 Å². The molecule has 5 rings (SSSR count). The van der Waals surface area contributed by atoms with Gasteiger partial charge in [0.15, 0.2) is 0 Å². The first-order valence-corrected chi connectivity index (χ1v) is 12.9. The van der Waals surface area contributed by atoms with E-state index in [4.69, 9.17) is 11.6 Å².